The van der Waals surface area contributed by atoms with Crippen molar-refractivity contribution in [3.8, 4) is 5.75 Å². The van der Waals surface area contributed by atoms with Crippen LogP contribution in [0.15, 0.2) is 30.6 Å². The molecule has 0 saturated carbocycles. The molecule has 1 aromatic carbocycles. The van der Waals surface area contributed by atoms with Gasteiger partial charge in [0.05, 0.1) is 6.61 Å². The van der Waals surface area contributed by atoms with Crippen LogP contribution in [-0.4, -0.2) is 18.6 Å². The minimum absolute atomic E-state index is 0.198. The number of hydrogen-bond acceptors (Lipinski definition) is 3. The summed E-state index contributed by atoms with van der Waals surface area (Å²) in [6.45, 7) is 2.81. The maximum absolute atomic E-state index is 6.24. The molecule has 3 rings (SSSR count). The zero-order valence-electron chi connectivity index (χ0n) is 12.3. The predicted octanol–water partition coefficient (Wildman–Crippen LogP) is 3.48. The van der Waals surface area contributed by atoms with Crippen LogP contribution in [0.25, 0.3) is 0 Å². The van der Waals surface area contributed by atoms with Gasteiger partial charge in [0, 0.05) is 29.9 Å². The van der Waals surface area contributed by atoms with Crippen molar-refractivity contribution in [1.29, 1.82) is 0 Å². The summed E-state index contributed by atoms with van der Waals surface area (Å²) in [5.41, 5.74) is 4.73. The van der Waals surface area contributed by atoms with Gasteiger partial charge in [-0.15, -0.1) is 0 Å². The van der Waals surface area contributed by atoms with E-state index in [1.165, 1.54) is 16.7 Å². The lowest BCUT2D eigenvalue weighted by Gasteiger charge is -2.18. The molecule has 1 aromatic heterocycles. The molecule has 0 spiro atoms. The van der Waals surface area contributed by atoms with Crippen LogP contribution in [0.3, 0.4) is 0 Å². The van der Waals surface area contributed by atoms with Crippen molar-refractivity contribution in [2.75, 3.05) is 13.7 Å². The van der Waals surface area contributed by atoms with E-state index in [0.717, 1.165) is 35.8 Å². The molecule has 0 radical (unpaired) electrons. The van der Waals surface area contributed by atoms with Crippen molar-refractivity contribution >= 4 is 11.6 Å². The summed E-state index contributed by atoms with van der Waals surface area (Å²) in [7, 11) is 1.97. The summed E-state index contributed by atoms with van der Waals surface area (Å²) in [6, 6.07) is 6.39. The molecule has 1 atom stereocenters. The lowest BCUT2D eigenvalue weighted by atomic mass is 9.97. The second kappa shape index (κ2) is 6.04. The Hall–Kier alpha value is -1.58. The highest BCUT2D eigenvalue weighted by molar-refractivity contribution is 6.30. The van der Waals surface area contributed by atoms with Crippen molar-refractivity contribution < 1.29 is 4.74 Å². The number of hydrogen-bond donors (Lipinski definition) is 1. The largest absolute Gasteiger partial charge is 0.493 e. The molecule has 21 heavy (non-hydrogen) atoms. The van der Waals surface area contributed by atoms with Crippen LogP contribution in [0.2, 0.25) is 5.02 Å². The van der Waals surface area contributed by atoms with Gasteiger partial charge in [0.2, 0.25) is 0 Å². The van der Waals surface area contributed by atoms with Gasteiger partial charge in [-0.1, -0.05) is 17.7 Å². The van der Waals surface area contributed by atoms with Crippen LogP contribution in [0.1, 0.15) is 28.3 Å². The van der Waals surface area contributed by atoms with Gasteiger partial charge < -0.3 is 10.1 Å². The summed E-state index contributed by atoms with van der Waals surface area (Å²) >= 11 is 6.24. The number of halogens is 1. The molecule has 0 fully saturated rings. The number of nitrogens with zero attached hydrogens (tertiary/aromatic N) is 1. The van der Waals surface area contributed by atoms with E-state index in [4.69, 9.17) is 16.3 Å². The number of ether oxygens (including phenoxy) is 1. The van der Waals surface area contributed by atoms with Gasteiger partial charge in [-0.3, -0.25) is 4.98 Å². The van der Waals surface area contributed by atoms with Gasteiger partial charge in [0.15, 0.2) is 0 Å². The minimum Gasteiger partial charge on any atom is -0.493 e. The third-order valence-corrected chi connectivity index (χ3v) is 4.11. The standard InChI is InChI=1S/C17H19ClN2O/c1-11-5-14(10-20-9-11)16(19-2)8-13-7-15(18)6-12-3-4-21-17(12)13/h5-7,9-10,16,19H,3-4,8H2,1-2H3. The molecule has 4 heteroatoms. The van der Waals surface area contributed by atoms with E-state index in [9.17, 15) is 0 Å². The number of nitrogens with one attached hydrogen (secondary N) is 1. The fraction of sp³-hybridized carbons (Fsp3) is 0.353. The number of aryl methyl sites for hydroxylation is 1. The van der Waals surface area contributed by atoms with Crippen molar-refractivity contribution in [3.05, 3.63) is 57.9 Å². The lowest BCUT2D eigenvalue weighted by molar-refractivity contribution is 0.352. The highest BCUT2D eigenvalue weighted by atomic mass is 35.5. The number of fused-ring (bicyclic) bond motifs is 1. The van der Waals surface area contributed by atoms with Crippen molar-refractivity contribution in [1.82, 2.24) is 10.3 Å². The number of rotatable bonds is 4. The molecule has 0 aliphatic carbocycles. The Morgan fingerprint density at radius 1 is 1.33 bits per heavy atom. The molecule has 110 valence electrons. The van der Waals surface area contributed by atoms with Gasteiger partial charge in [-0.2, -0.15) is 0 Å². The maximum atomic E-state index is 6.24. The fourth-order valence-electron chi connectivity index (χ4n) is 2.87. The van der Waals surface area contributed by atoms with Crippen LogP contribution in [0.5, 0.6) is 5.75 Å². The number of aromatic nitrogens is 1. The van der Waals surface area contributed by atoms with E-state index in [1.807, 2.05) is 31.6 Å². The topological polar surface area (TPSA) is 34.1 Å². The van der Waals surface area contributed by atoms with Gasteiger partial charge in [-0.05, 0) is 54.8 Å². The predicted molar refractivity (Wildman–Crippen MR) is 85.1 cm³/mol. The molecule has 1 aliphatic rings. The van der Waals surface area contributed by atoms with Crippen molar-refractivity contribution in [2.24, 2.45) is 0 Å². The molecule has 0 amide bonds. The molecular weight excluding hydrogens is 284 g/mol. The summed E-state index contributed by atoms with van der Waals surface area (Å²) in [4.78, 5) is 4.29. The van der Waals surface area contributed by atoms with E-state index in [-0.39, 0.29) is 6.04 Å². The quantitative estimate of drug-likeness (QED) is 0.939. The second-order valence-corrected chi connectivity index (χ2v) is 5.93. The van der Waals surface area contributed by atoms with E-state index in [0.29, 0.717) is 0 Å². The number of pyridine rings is 1. The third-order valence-electron chi connectivity index (χ3n) is 3.90. The average molecular weight is 303 g/mol. The first-order valence-electron chi connectivity index (χ1n) is 7.20. The number of benzene rings is 1. The summed E-state index contributed by atoms with van der Waals surface area (Å²) in [5.74, 6) is 1.01. The highest BCUT2D eigenvalue weighted by Crippen LogP contribution is 2.35. The Labute approximate surface area is 130 Å². The first kappa shape index (κ1) is 14.4. The molecule has 1 unspecified atom stereocenters. The van der Waals surface area contributed by atoms with Gasteiger partial charge in [0.25, 0.3) is 0 Å². The Bertz CT molecular complexity index is 657. The monoisotopic (exact) mass is 302 g/mol. The van der Waals surface area contributed by atoms with Crippen molar-refractivity contribution in [3.63, 3.8) is 0 Å². The Morgan fingerprint density at radius 2 is 2.19 bits per heavy atom. The van der Waals surface area contributed by atoms with Crippen LogP contribution in [-0.2, 0) is 12.8 Å². The van der Waals surface area contributed by atoms with Crippen LogP contribution in [0, 0.1) is 6.92 Å². The second-order valence-electron chi connectivity index (χ2n) is 5.49. The molecule has 0 saturated heterocycles. The molecule has 3 nitrogen and oxygen atoms in total. The summed E-state index contributed by atoms with van der Waals surface area (Å²) in [6.07, 6.45) is 5.57. The Balaban J connectivity index is 1.91. The van der Waals surface area contributed by atoms with Crippen LogP contribution in [0.4, 0.5) is 0 Å². The molecule has 1 aliphatic heterocycles. The van der Waals surface area contributed by atoms with E-state index in [2.05, 4.69) is 23.3 Å². The average Bonchev–Trinajstić information content (AvgIpc) is 2.92. The SMILES string of the molecule is CNC(Cc1cc(Cl)cc2c1OCC2)c1cncc(C)c1. The zero-order valence-corrected chi connectivity index (χ0v) is 13.1. The normalized spacial score (nSPS) is 14.6. The summed E-state index contributed by atoms with van der Waals surface area (Å²) in [5, 5.41) is 4.15. The lowest BCUT2D eigenvalue weighted by Crippen LogP contribution is -2.19. The smallest absolute Gasteiger partial charge is 0.125 e. The van der Waals surface area contributed by atoms with Gasteiger partial charge >= 0.3 is 0 Å². The maximum Gasteiger partial charge on any atom is 0.125 e. The van der Waals surface area contributed by atoms with Crippen LogP contribution >= 0.6 is 11.6 Å². The molecular formula is C17H19ClN2O. The molecule has 0 bridgehead atoms. The van der Waals surface area contributed by atoms with E-state index < -0.39 is 0 Å². The molecule has 2 aromatic rings. The van der Waals surface area contributed by atoms with E-state index >= 15 is 0 Å². The number of likely N-dealkylation sites (N-methyl/N-ethyl adjacent to an activating group) is 1. The van der Waals surface area contributed by atoms with E-state index in [1.54, 1.807) is 0 Å². The minimum atomic E-state index is 0.198. The van der Waals surface area contributed by atoms with Crippen molar-refractivity contribution in [2.45, 2.75) is 25.8 Å². The first-order valence-corrected chi connectivity index (χ1v) is 7.58. The summed E-state index contributed by atoms with van der Waals surface area (Å²) < 4.78 is 5.79. The van der Waals surface area contributed by atoms with Crippen LogP contribution < -0.4 is 10.1 Å². The Morgan fingerprint density at radius 3 is 2.95 bits per heavy atom. The highest BCUT2D eigenvalue weighted by Gasteiger charge is 2.20. The zero-order chi connectivity index (χ0) is 14.8. The molecule has 1 N–H and O–H groups in total. The van der Waals surface area contributed by atoms with Gasteiger partial charge in [-0.25, -0.2) is 0 Å². The Kier molecular flexibility index (Phi) is 4.13. The van der Waals surface area contributed by atoms with Gasteiger partial charge in [0.1, 0.15) is 5.75 Å². The third kappa shape index (κ3) is 3.04. The first-order chi connectivity index (χ1) is 10.2. The fourth-order valence-corrected chi connectivity index (χ4v) is 3.14. The molecule has 2 heterocycles.